The van der Waals surface area contributed by atoms with E-state index in [1.165, 1.54) is 0 Å². The number of fused-ring (bicyclic) bond motifs is 1. The van der Waals surface area contributed by atoms with Crippen molar-refractivity contribution >= 4 is 51.4 Å². The van der Waals surface area contributed by atoms with Crippen LogP contribution in [0.5, 0.6) is 0 Å². The largest absolute Gasteiger partial charge is 0.356 e. The summed E-state index contributed by atoms with van der Waals surface area (Å²) in [6.07, 6.45) is 3.91. The molecule has 3 rings (SSSR count). The highest BCUT2D eigenvalue weighted by Crippen LogP contribution is 2.31. The third kappa shape index (κ3) is 2.39. The number of carbonyl (C=O) groups excluding carboxylic acids is 1. The zero-order valence-electron chi connectivity index (χ0n) is 10.1. The highest BCUT2D eigenvalue weighted by atomic mass is 127. The van der Waals surface area contributed by atoms with Gasteiger partial charge in [0, 0.05) is 17.6 Å². The first kappa shape index (κ1) is 13.3. The molecular weight excluding hydrogens is 379 g/mol. The lowest BCUT2D eigenvalue weighted by molar-refractivity contribution is -0.0368. The van der Waals surface area contributed by atoms with Crippen LogP contribution < -0.4 is 0 Å². The molecule has 0 radical (unpaired) electrons. The number of nitrogens with zero attached hydrogens (tertiary/aromatic N) is 2. The predicted molar refractivity (Wildman–Crippen MR) is 81.7 cm³/mol. The van der Waals surface area contributed by atoms with E-state index >= 15 is 0 Å². The fourth-order valence-corrected chi connectivity index (χ4v) is 3.23. The van der Waals surface area contributed by atoms with Gasteiger partial charge in [-0.05, 0) is 54.0 Å². The van der Waals surface area contributed by atoms with E-state index in [9.17, 15) is 4.79 Å². The minimum absolute atomic E-state index is 0.0413. The first-order chi connectivity index (χ1) is 9.20. The molecule has 0 bridgehead atoms. The maximum atomic E-state index is 11.0. The van der Waals surface area contributed by atoms with Crippen molar-refractivity contribution in [3.63, 3.8) is 0 Å². The standard InChI is InChI=1S/C13H12ClIN2O2/c14-10-6-9-11(5-8(10)7-18)17(16-13(9)15)12-3-1-2-4-19-12/h5-7,12H,1-4H2. The van der Waals surface area contributed by atoms with Crippen LogP contribution in [0.2, 0.25) is 5.02 Å². The monoisotopic (exact) mass is 390 g/mol. The van der Waals surface area contributed by atoms with Crippen molar-refractivity contribution in [2.45, 2.75) is 25.5 Å². The average Bonchev–Trinajstić information content (AvgIpc) is 2.76. The van der Waals surface area contributed by atoms with Crippen LogP contribution in [0.4, 0.5) is 0 Å². The topological polar surface area (TPSA) is 44.1 Å². The van der Waals surface area contributed by atoms with Crippen LogP contribution in [0.3, 0.4) is 0 Å². The van der Waals surface area contributed by atoms with Crippen molar-refractivity contribution in [1.29, 1.82) is 0 Å². The summed E-state index contributed by atoms with van der Waals surface area (Å²) >= 11 is 8.25. The lowest BCUT2D eigenvalue weighted by atomic mass is 10.1. The SMILES string of the molecule is O=Cc1cc2c(cc1Cl)c(I)nn2C1CCCCO1. The number of carbonyl (C=O) groups is 1. The maximum absolute atomic E-state index is 11.0. The van der Waals surface area contributed by atoms with Crippen LogP contribution in [-0.4, -0.2) is 22.7 Å². The van der Waals surface area contributed by atoms with E-state index in [0.29, 0.717) is 10.6 Å². The number of ether oxygens (including phenoxy) is 1. The van der Waals surface area contributed by atoms with E-state index in [1.54, 1.807) is 12.1 Å². The van der Waals surface area contributed by atoms with Gasteiger partial charge in [-0.15, -0.1) is 0 Å². The molecule has 19 heavy (non-hydrogen) atoms. The van der Waals surface area contributed by atoms with Gasteiger partial charge in [0.2, 0.25) is 0 Å². The molecule has 100 valence electrons. The molecular formula is C13H12ClIN2O2. The zero-order valence-corrected chi connectivity index (χ0v) is 13.0. The molecule has 0 amide bonds. The summed E-state index contributed by atoms with van der Waals surface area (Å²) in [5.74, 6) is 0. The van der Waals surface area contributed by atoms with Crippen LogP contribution in [0.25, 0.3) is 10.9 Å². The minimum Gasteiger partial charge on any atom is -0.356 e. The van der Waals surface area contributed by atoms with E-state index in [0.717, 1.165) is 46.8 Å². The number of rotatable bonds is 2. The maximum Gasteiger partial charge on any atom is 0.151 e. The van der Waals surface area contributed by atoms with Crippen LogP contribution in [0.15, 0.2) is 12.1 Å². The summed E-state index contributed by atoms with van der Waals surface area (Å²) in [6, 6.07) is 3.59. The lowest BCUT2D eigenvalue weighted by Crippen LogP contribution is -2.19. The predicted octanol–water partition coefficient (Wildman–Crippen LogP) is 3.81. The Morgan fingerprint density at radius 3 is 3.00 bits per heavy atom. The normalized spacial score (nSPS) is 19.8. The summed E-state index contributed by atoms with van der Waals surface area (Å²) in [5.41, 5.74) is 1.39. The number of hydrogen-bond donors (Lipinski definition) is 0. The Labute approximate surface area is 129 Å². The van der Waals surface area contributed by atoms with Gasteiger partial charge < -0.3 is 4.74 Å². The number of aromatic nitrogens is 2. The van der Waals surface area contributed by atoms with E-state index in [1.807, 2.05) is 4.68 Å². The highest BCUT2D eigenvalue weighted by Gasteiger charge is 2.21. The summed E-state index contributed by atoms with van der Waals surface area (Å²) in [5, 5.41) is 5.96. The van der Waals surface area contributed by atoms with E-state index < -0.39 is 0 Å². The van der Waals surface area contributed by atoms with Gasteiger partial charge in [0.1, 0.15) is 3.70 Å². The van der Waals surface area contributed by atoms with Crippen molar-refractivity contribution in [2.75, 3.05) is 6.61 Å². The fourth-order valence-electron chi connectivity index (χ4n) is 2.36. The molecule has 1 aromatic heterocycles. The molecule has 0 saturated carbocycles. The Hall–Kier alpha value is -0.660. The van der Waals surface area contributed by atoms with Crippen molar-refractivity contribution in [2.24, 2.45) is 0 Å². The fraction of sp³-hybridized carbons (Fsp3) is 0.385. The highest BCUT2D eigenvalue weighted by molar-refractivity contribution is 14.1. The molecule has 1 saturated heterocycles. The molecule has 1 aliphatic heterocycles. The second-order valence-corrected chi connectivity index (χ2v) is 5.99. The molecule has 1 fully saturated rings. The molecule has 4 nitrogen and oxygen atoms in total. The Morgan fingerprint density at radius 1 is 1.47 bits per heavy atom. The molecule has 6 heteroatoms. The van der Waals surface area contributed by atoms with Gasteiger partial charge in [-0.25, -0.2) is 4.68 Å². The first-order valence-corrected chi connectivity index (χ1v) is 7.60. The zero-order chi connectivity index (χ0) is 13.4. The Morgan fingerprint density at radius 2 is 2.32 bits per heavy atom. The second kappa shape index (κ2) is 5.38. The van der Waals surface area contributed by atoms with Gasteiger partial charge in [0.05, 0.1) is 10.5 Å². The second-order valence-electron chi connectivity index (χ2n) is 4.57. The Kier molecular flexibility index (Phi) is 3.77. The molecule has 2 heterocycles. The van der Waals surface area contributed by atoms with E-state index in [2.05, 4.69) is 27.7 Å². The molecule has 0 spiro atoms. The lowest BCUT2D eigenvalue weighted by Gasteiger charge is -2.23. The van der Waals surface area contributed by atoms with Crippen LogP contribution in [-0.2, 0) is 4.74 Å². The van der Waals surface area contributed by atoms with E-state index in [4.69, 9.17) is 16.3 Å². The minimum atomic E-state index is -0.0413. The molecule has 0 aliphatic carbocycles. The molecule has 1 unspecified atom stereocenters. The molecule has 2 aromatic rings. The van der Waals surface area contributed by atoms with Crippen molar-refractivity contribution in [3.8, 4) is 0 Å². The third-order valence-corrected chi connectivity index (χ3v) is 4.46. The summed E-state index contributed by atoms with van der Waals surface area (Å²) < 4.78 is 8.52. The van der Waals surface area contributed by atoms with E-state index in [-0.39, 0.29) is 6.23 Å². The summed E-state index contributed by atoms with van der Waals surface area (Å²) in [4.78, 5) is 11.0. The van der Waals surface area contributed by atoms with Crippen molar-refractivity contribution < 1.29 is 9.53 Å². The molecule has 1 aliphatic rings. The molecule has 1 atom stereocenters. The van der Waals surface area contributed by atoms with Gasteiger partial charge in [0.25, 0.3) is 0 Å². The Bertz CT molecular complexity index is 635. The number of aldehydes is 1. The molecule has 1 aromatic carbocycles. The number of hydrogen-bond acceptors (Lipinski definition) is 3. The van der Waals surface area contributed by atoms with Crippen molar-refractivity contribution in [3.05, 3.63) is 26.4 Å². The average molecular weight is 391 g/mol. The summed E-state index contributed by atoms with van der Waals surface area (Å²) in [7, 11) is 0. The van der Waals surface area contributed by atoms with Crippen LogP contribution in [0.1, 0.15) is 35.8 Å². The molecule has 0 N–H and O–H groups in total. The van der Waals surface area contributed by atoms with Crippen molar-refractivity contribution in [1.82, 2.24) is 9.78 Å². The summed E-state index contributed by atoms with van der Waals surface area (Å²) in [6.45, 7) is 0.761. The number of halogens is 2. The van der Waals surface area contributed by atoms with Gasteiger partial charge in [-0.1, -0.05) is 11.6 Å². The third-order valence-electron chi connectivity index (χ3n) is 3.34. The van der Waals surface area contributed by atoms with Gasteiger partial charge in [-0.2, -0.15) is 5.10 Å². The quantitative estimate of drug-likeness (QED) is 0.579. The smallest absolute Gasteiger partial charge is 0.151 e. The Balaban J connectivity index is 2.16. The first-order valence-electron chi connectivity index (χ1n) is 6.15. The van der Waals surface area contributed by atoms with Crippen LogP contribution in [0, 0.1) is 3.70 Å². The van der Waals surface area contributed by atoms with Crippen LogP contribution >= 0.6 is 34.2 Å². The number of benzene rings is 1. The van der Waals surface area contributed by atoms with Gasteiger partial charge in [0.15, 0.2) is 12.5 Å². The van der Waals surface area contributed by atoms with Gasteiger partial charge in [-0.3, -0.25) is 4.79 Å². The van der Waals surface area contributed by atoms with Gasteiger partial charge >= 0.3 is 0 Å².